The van der Waals surface area contributed by atoms with Gasteiger partial charge in [0.05, 0.1) is 0 Å². The van der Waals surface area contributed by atoms with Crippen LogP contribution in [0.1, 0.15) is 37.7 Å². The molecule has 0 fully saturated rings. The highest BCUT2D eigenvalue weighted by atomic mass is 14.9. The molecule has 3 rings (SSSR count). The Hall–Kier alpha value is -1.60. The van der Waals surface area contributed by atoms with Gasteiger partial charge in [-0.15, -0.1) is 0 Å². The fourth-order valence-electron chi connectivity index (χ4n) is 3.33. The number of nitrogens with one attached hydrogen (secondary N) is 1. The Balaban J connectivity index is 1.42. The monoisotopic (exact) mass is 279 g/mol. The topological polar surface area (TPSA) is 12.0 Å². The van der Waals surface area contributed by atoms with Gasteiger partial charge < -0.3 is 5.32 Å². The Bertz CT molecular complexity index is 536. The van der Waals surface area contributed by atoms with Crippen molar-refractivity contribution < 1.29 is 0 Å². The van der Waals surface area contributed by atoms with Crippen LogP contribution in [0.15, 0.2) is 65.8 Å². The van der Waals surface area contributed by atoms with Crippen LogP contribution in [0.2, 0.25) is 0 Å². The van der Waals surface area contributed by atoms with E-state index in [-0.39, 0.29) is 0 Å². The zero-order valence-corrected chi connectivity index (χ0v) is 12.7. The summed E-state index contributed by atoms with van der Waals surface area (Å²) in [4.78, 5) is 0. The number of aryl methyl sites for hydroxylation is 1. The second-order valence-electron chi connectivity index (χ2n) is 6.10. The van der Waals surface area contributed by atoms with Gasteiger partial charge in [-0.2, -0.15) is 0 Å². The van der Waals surface area contributed by atoms with Crippen LogP contribution in [-0.4, -0.2) is 12.6 Å². The van der Waals surface area contributed by atoms with Crippen LogP contribution in [0.3, 0.4) is 0 Å². The first-order valence-electron chi connectivity index (χ1n) is 8.23. The molecular formula is C20H25N. The second-order valence-corrected chi connectivity index (χ2v) is 6.10. The fourth-order valence-corrected chi connectivity index (χ4v) is 3.33. The number of allylic oxidation sites excluding steroid dienone is 5. The van der Waals surface area contributed by atoms with Crippen LogP contribution in [-0.2, 0) is 6.42 Å². The molecule has 1 aromatic rings. The van der Waals surface area contributed by atoms with E-state index in [9.17, 15) is 0 Å². The predicted octanol–water partition coefficient (Wildman–Crippen LogP) is 4.57. The molecule has 0 saturated heterocycles. The maximum atomic E-state index is 3.76. The molecule has 0 saturated carbocycles. The van der Waals surface area contributed by atoms with E-state index in [4.69, 9.17) is 0 Å². The summed E-state index contributed by atoms with van der Waals surface area (Å²) in [5.74, 6) is 0. The smallest absolute Gasteiger partial charge is 0.0108 e. The molecule has 1 aromatic carbocycles. The zero-order valence-electron chi connectivity index (χ0n) is 12.7. The standard InChI is InChI=1S/C20H25N/c1-3-8-17(9-4-1)10-7-15-21-20-14-13-18-11-5-2-6-12-19(18)16-20/h1-6,8-9,11,20-21H,7,10,12-16H2. The maximum absolute atomic E-state index is 3.76. The average molecular weight is 279 g/mol. The van der Waals surface area contributed by atoms with Crippen LogP contribution in [0, 0.1) is 0 Å². The molecule has 0 spiro atoms. The molecular weight excluding hydrogens is 254 g/mol. The third-order valence-electron chi connectivity index (χ3n) is 4.54. The number of rotatable bonds is 5. The van der Waals surface area contributed by atoms with Crippen molar-refractivity contribution in [3.63, 3.8) is 0 Å². The summed E-state index contributed by atoms with van der Waals surface area (Å²) in [5.41, 5.74) is 4.68. The average Bonchev–Trinajstić information content (AvgIpc) is 2.77. The van der Waals surface area contributed by atoms with Gasteiger partial charge in [0.25, 0.3) is 0 Å². The van der Waals surface area contributed by atoms with E-state index in [1.165, 1.54) is 37.7 Å². The molecule has 1 nitrogen and oxygen atoms in total. The molecule has 0 bridgehead atoms. The van der Waals surface area contributed by atoms with E-state index in [2.05, 4.69) is 60.0 Å². The molecule has 1 heteroatoms. The zero-order chi connectivity index (χ0) is 14.3. The van der Waals surface area contributed by atoms with Gasteiger partial charge in [-0.3, -0.25) is 0 Å². The van der Waals surface area contributed by atoms with E-state index in [0.29, 0.717) is 6.04 Å². The molecule has 0 amide bonds. The van der Waals surface area contributed by atoms with Gasteiger partial charge in [0.1, 0.15) is 0 Å². The molecule has 2 aliphatic rings. The van der Waals surface area contributed by atoms with Crippen molar-refractivity contribution in [3.05, 3.63) is 71.3 Å². The molecule has 1 N–H and O–H groups in total. The van der Waals surface area contributed by atoms with Crippen molar-refractivity contribution in [2.75, 3.05) is 6.54 Å². The SMILES string of the molecule is C1=CCC2=C(C=C1)CCC(NCCCc1ccccc1)C2. The quantitative estimate of drug-likeness (QED) is 0.778. The van der Waals surface area contributed by atoms with Crippen LogP contribution in [0.25, 0.3) is 0 Å². The van der Waals surface area contributed by atoms with Gasteiger partial charge in [0.15, 0.2) is 0 Å². The molecule has 1 atom stereocenters. The van der Waals surface area contributed by atoms with Crippen molar-refractivity contribution in [3.8, 4) is 0 Å². The lowest BCUT2D eigenvalue weighted by Crippen LogP contribution is -2.32. The first kappa shape index (κ1) is 14.3. The van der Waals surface area contributed by atoms with Crippen molar-refractivity contribution in [2.45, 2.75) is 44.6 Å². The van der Waals surface area contributed by atoms with E-state index >= 15 is 0 Å². The summed E-state index contributed by atoms with van der Waals surface area (Å²) in [7, 11) is 0. The predicted molar refractivity (Wildman–Crippen MR) is 90.3 cm³/mol. The molecule has 0 heterocycles. The minimum atomic E-state index is 0.680. The van der Waals surface area contributed by atoms with Gasteiger partial charge in [0.2, 0.25) is 0 Å². The summed E-state index contributed by atoms with van der Waals surface area (Å²) in [6, 6.07) is 11.5. The highest BCUT2D eigenvalue weighted by Crippen LogP contribution is 2.29. The van der Waals surface area contributed by atoms with Gasteiger partial charge in [-0.05, 0) is 56.2 Å². The van der Waals surface area contributed by atoms with Crippen molar-refractivity contribution in [1.29, 1.82) is 0 Å². The highest BCUT2D eigenvalue weighted by Gasteiger charge is 2.18. The lowest BCUT2D eigenvalue weighted by Gasteiger charge is -2.26. The maximum Gasteiger partial charge on any atom is 0.0108 e. The van der Waals surface area contributed by atoms with Gasteiger partial charge in [0, 0.05) is 6.04 Å². The Kier molecular flexibility index (Phi) is 5.07. The Morgan fingerprint density at radius 1 is 1.10 bits per heavy atom. The number of hydrogen-bond donors (Lipinski definition) is 1. The summed E-state index contributed by atoms with van der Waals surface area (Å²) in [6.45, 7) is 1.13. The van der Waals surface area contributed by atoms with Gasteiger partial charge in [-0.25, -0.2) is 0 Å². The van der Waals surface area contributed by atoms with Crippen molar-refractivity contribution >= 4 is 0 Å². The first-order chi connectivity index (χ1) is 10.4. The molecule has 110 valence electrons. The molecule has 0 aliphatic heterocycles. The van der Waals surface area contributed by atoms with Crippen LogP contribution >= 0.6 is 0 Å². The third kappa shape index (κ3) is 4.18. The summed E-state index contributed by atoms with van der Waals surface area (Å²) in [6.07, 6.45) is 16.3. The van der Waals surface area contributed by atoms with Crippen LogP contribution in [0.4, 0.5) is 0 Å². The van der Waals surface area contributed by atoms with E-state index in [1.807, 2.05) is 0 Å². The third-order valence-corrected chi connectivity index (χ3v) is 4.54. The van der Waals surface area contributed by atoms with Crippen molar-refractivity contribution in [1.82, 2.24) is 5.32 Å². The molecule has 0 radical (unpaired) electrons. The normalized spacial score (nSPS) is 21.2. The van der Waals surface area contributed by atoms with Gasteiger partial charge in [-0.1, -0.05) is 60.2 Å². The van der Waals surface area contributed by atoms with E-state index in [0.717, 1.165) is 13.0 Å². The van der Waals surface area contributed by atoms with E-state index in [1.54, 1.807) is 11.1 Å². The highest BCUT2D eigenvalue weighted by molar-refractivity contribution is 5.34. The summed E-state index contributed by atoms with van der Waals surface area (Å²) >= 11 is 0. The van der Waals surface area contributed by atoms with Crippen molar-refractivity contribution in [2.24, 2.45) is 0 Å². The molecule has 21 heavy (non-hydrogen) atoms. The minimum absolute atomic E-state index is 0.680. The number of benzene rings is 1. The van der Waals surface area contributed by atoms with Crippen LogP contribution in [0.5, 0.6) is 0 Å². The molecule has 0 aromatic heterocycles. The molecule has 2 aliphatic carbocycles. The molecule has 1 unspecified atom stereocenters. The Morgan fingerprint density at radius 3 is 2.90 bits per heavy atom. The Labute approximate surface area is 128 Å². The summed E-state index contributed by atoms with van der Waals surface area (Å²) in [5, 5.41) is 3.76. The lowest BCUT2D eigenvalue weighted by atomic mass is 9.87. The second kappa shape index (κ2) is 7.42. The summed E-state index contributed by atoms with van der Waals surface area (Å²) < 4.78 is 0. The fraction of sp³-hybridized carbons (Fsp3) is 0.400. The van der Waals surface area contributed by atoms with Gasteiger partial charge >= 0.3 is 0 Å². The minimum Gasteiger partial charge on any atom is -0.314 e. The lowest BCUT2D eigenvalue weighted by molar-refractivity contribution is 0.452. The van der Waals surface area contributed by atoms with Crippen LogP contribution < -0.4 is 5.32 Å². The largest absolute Gasteiger partial charge is 0.314 e. The van der Waals surface area contributed by atoms with E-state index < -0.39 is 0 Å². The Morgan fingerprint density at radius 2 is 2.00 bits per heavy atom. The number of hydrogen-bond acceptors (Lipinski definition) is 1. The first-order valence-corrected chi connectivity index (χ1v) is 8.23.